The summed E-state index contributed by atoms with van der Waals surface area (Å²) in [5.74, 6) is -0.799. The fourth-order valence-electron chi connectivity index (χ4n) is 3.62. The molecule has 6 nitrogen and oxygen atoms in total. The number of amides is 2. The van der Waals surface area contributed by atoms with Gasteiger partial charge in [0.25, 0.3) is 0 Å². The van der Waals surface area contributed by atoms with Gasteiger partial charge in [0, 0.05) is 17.6 Å². The number of rotatable bonds is 8. The van der Waals surface area contributed by atoms with Crippen molar-refractivity contribution in [1.82, 2.24) is 15.5 Å². The van der Waals surface area contributed by atoms with Gasteiger partial charge in [-0.15, -0.1) is 0 Å². The first-order valence-electron chi connectivity index (χ1n) is 9.08. The Morgan fingerprint density at radius 1 is 1.24 bits per heavy atom. The van der Waals surface area contributed by atoms with Crippen LogP contribution in [0.15, 0.2) is 30.3 Å². The van der Waals surface area contributed by atoms with Gasteiger partial charge in [-0.2, -0.15) is 0 Å². The summed E-state index contributed by atoms with van der Waals surface area (Å²) >= 11 is 0. The summed E-state index contributed by atoms with van der Waals surface area (Å²) in [5, 5.41) is 15.1. The number of nitrogens with one attached hydrogen (secondary N) is 2. The van der Waals surface area contributed by atoms with Gasteiger partial charge in [0.05, 0.1) is 6.54 Å². The fourth-order valence-corrected chi connectivity index (χ4v) is 3.62. The van der Waals surface area contributed by atoms with E-state index >= 15 is 0 Å². The number of carboxylic acids is 1. The average molecular weight is 345 g/mol. The van der Waals surface area contributed by atoms with Gasteiger partial charge in [-0.25, -0.2) is 4.79 Å². The van der Waals surface area contributed by atoms with Crippen LogP contribution in [-0.4, -0.2) is 52.7 Å². The second-order valence-corrected chi connectivity index (χ2v) is 7.32. The average Bonchev–Trinajstić information content (AvgIpc) is 3.28. The summed E-state index contributed by atoms with van der Waals surface area (Å²) in [7, 11) is 0. The van der Waals surface area contributed by atoms with E-state index in [-0.39, 0.29) is 30.2 Å². The van der Waals surface area contributed by atoms with Gasteiger partial charge in [-0.05, 0) is 44.2 Å². The second kappa shape index (κ2) is 7.44. The number of hydrogen-bond acceptors (Lipinski definition) is 3. The van der Waals surface area contributed by atoms with Gasteiger partial charge < -0.3 is 15.7 Å². The van der Waals surface area contributed by atoms with E-state index in [1.807, 2.05) is 30.0 Å². The van der Waals surface area contributed by atoms with Crippen LogP contribution in [0, 0.1) is 0 Å². The topological polar surface area (TPSA) is 81.7 Å². The van der Waals surface area contributed by atoms with Crippen LogP contribution >= 0.6 is 0 Å². The number of carboxylic acid groups (broad SMARTS) is 1. The largest absolute Gasteiger partial charge is 0.480 e. The molecular formula is C19H27N3O3. The fraction of sp³-hybridized carbons (Fsp3) is 0.579. The Kier molecular flexibility index (Phi) is 5.27. The SMILES string of the molecule is CCN(CC(=O)O)C1CC(NC(=O)NC2(Cc3ccccc3)CC2)C1. The molecule has 1 aromatic carbocycles. The van der Waals surface area contributed by atoms with E-state index in [4.69, 9.17) is 5.11 Å². The minimum Gasteiger partial charge on any atom is -0.480 e. The molecule has 2 fully saturated rings. The van der Waals surface area contributed by atoms with Crippen molar-refractivity contribution in [1.29, 1.82) is 0 Å². The van der Waals surface area contributed by atoms with Crippen molar-refractivity contribution in [3.8, 4) is 0 Å². The predicted octanol–water partition coefficient (Wildman–Crippen LogP) is 2.00. The van der Waals surface area contributed by atoms with E-state index in [0.717, 1.165) is 38.6 Å². The normalized spacial score (nSPS) is 23.6. The van der Waals surface area contributed by atoms with Crippen LogP contribution in [0.4, 0.5) is 4.79 Å². The Morgan fingerprint density at radius 3 is 2.48 bits per heavy atom. The molecule has 6 heteroatoms. The number of hydrogen-bond donors (Lipinski definition) is 3. The van der Waals surface area contributed by atoms with E-state index in [0.29, 0.717) is 0 Å². The van der Waals surface area contributed by atoms with Gasteiger partial charge in [0.1, 0.15) is 0 Å². The summed E-state index contributed by atoms with van der Waals surface area (Å²) in [6.45, 7) is 2.76. The molecular weight excluding hydrogens is 318 g/mol. The lowest BCUT2D eigenvalue weighted by Gasteiger charge is -2.42. The molecule has 136 valence electrons. The highest BCUT2D eigenvalue weighted by Crippen LogP contribution is 2.38. The quantitative estimate of drug-likeness (QED) is 0.673. The van der Waals surface area contributed by atoms with Crippen molar-refractivity contribution in [3.05, 3.63) is 35.9 Å². The van der Waals surface area contributed by atoms with Crippen molar-refractivity contribution < 1.29 is 14.7 Å². The van der Waals surface area contributed by atoms with Crippen molar-refractivity contribution >= 4 is 12.0 Å². The van der Waals surface area contributed by atoms with E-state index in [9.17, 15) is 9.59 Å². The van der Waals surface area contributed by atoms with Crippen molar-refractivity contribution in [2.45, 2.75) is 56.7 Å². The molecule has 25 heavy (non-hydrogen) atoms. The number of aliphatic carboxylic acids is 1. The third kappa shape index (κ3) is 4.72. The summed E-state index contributed by atoms with van der Waals surface area (Å²) in [5.41, 5.74) is 1.16. The van der Waals surface area contributed by atoms with Gasteiger partial charge in [0.2, 0.25) is 0 Å². The maximum atomic E-state index is 12.3. The Morgan fingerprint density at radius 2 is 1.92 bits per heavy atom. The highest BCUT2D eigenvalue weighted by Gasteiger charge is 2.44. The number of carbonyl (C=O) groups is 2. The smallest absolute Gasteiger partial charge is 0.317 e. The number of nitrogens with zero attached hydrogens (tertiary/aromatic N) is 1. The third-order valence-corrected chi connectivity index (χ3v) is 5.33. The lowest BCUT2D eigenvalue weighted by atomic mass is 9.85. The minimum atomic E-state index is -0.799. The summed E-state index contributed by atoms with van der Waals surface area (Å²) in [4.78, 5) is 25.1. The molecule has 0 saturated heterocycles. The maximum absolute atomic E-state index is 12.3. The molecule has 2 amide bonds. The molecule has 3 rings (SSSR count). The molecule has 0 bridgehead atoms. The number of benzene rings is 1. The highest BCUT2D eigenvalue weighted by atomic mass is 16.4. The van der Waals surface area contributed by atoms with Crippen LogP contribution in [0.2, 0.25) is 0 Å². The zero-order valence-corrected chi connectivity index (χ0v) is 14.7. The molecule has 0 heterocycles. The van der Waals surface area contributed by atoms with Crippen LogP contribution in [0.5, 0.6) is 0 Å². The Hall–Kier alpha value is -2.08. The second-order valence-electron chi connectivity index (χ2n) is 7.32. The molecule has 0 aliphatic heterocycles. The van der Waals surface area contributed by atoms with E-state index in [1.165, 1.54) is 5.56 Å². The molecule has 0 aromatic heterocycles. The third-order valence-electron chi connectivity index (χ3n) is 5.33. The highest BCUT2D eigenvalue weighted by molar-refractivity contribution is 5.76. The van der Waals surface area contributed by atoms with Crippen LogP contribution in [0.3, 0.4) is 0 Å². The van der Waals surface area contributed by atoms with Gasteiger partial charge in [-0.3, -0.25) is 9.69 Å². The molecule has 0 atom stereocenters. The molecule has 0 radical (unpaired) electrons. The van der Waals surface area contributed by atoms with Crippen molar-refractivity contribution in [2.75, 3.05) is 13.1 Å². The molecule has 2 aliphatic carbocycles. The molecule has 0 unspecified atom stereocenters. The lowest BCUT2D eigenvalue weighted by Crippen LogP contribution is -2.57. The lowest BCUT2D eigenvalue weighted by molar-refractivity contribution is -0.139. The van der Waals surface area contributed by atoms with Crippen molar-refractivity contribution in [3.63, 3.8) is 0 Å². The first-order chi connectivity index (χ1) is 12.0. The van der Waals surface area contributed by atoms with Gasteiger partial charge in [-0.1, -0.05) is 37.3 Å². The summed E-state index contributed by atoms with van der Waals surface area (Å²) in [6.07, 6.45) is 4.55. The molecule has 1 aromatic rings. The zero-order chi connectivity index (χ0) is 17.9. The van der Waals surface area contributed by atoms with Crippen LogP contribution < -0.4 is 10.6 Å². The Bertz CT molecular complexity index is 610. The van der Waals surface area contributed by atoms with Crippen LogP contribution in [0.25, 0.3) is 0 Å². The predicted molar refractivity (Wildman–Crippen MR) is 95.5 cm³/mol. The van der Waals surface area contributed by atoms with Gasteiger partial charge in [0.15, 0.2) is 0 Å². The maximum Gasteiger partial charge on any atom is 0.317 e. The molecule has 3 N–H and O–H groups in total. The molecule has 2 aliphatic rings. The van der Waals surface area contributed by atoms with Crippen LogP contribution in [0.1, 0.15) is 38.2 Å². The minimum absolute atomic E-state index is 0.0697. The van der Waals surface area contributed by atoms with Crippen molar-refractivity contribution in [2.24, 2.45) is 0 Å². The Labute approximate surface area is 148 Å². The number of urea groups is 1. The summed E-state index contributed by atoms with van der Waals surface area (Å²) in [6, 6.07) is 10.5. The first-order valence-corrected chi connectivity index (χ1v) is 9.08. The molecule has 2 saturated carbocycles. The standard InChI is InChI=1S/C19H27N3O3/c1-2-22(13-17(23)24)16-10-15(11-16)20-18(25)21-19(8-9-19)12-14-6-4-3-5-7-14/h3-7,15-16H,2,8-13H2,1H3,(H,23,24)(H2,20,21,25). The van der Waals surface area contributed by atoms with E-state index in [2.05, 4.69) is 22.8 Å². The van der Waals surface area contributed by atoms with Crippen LogP contribution in [-0.2, 0) is 11.2 Å². The molecule has 0 spiro atoms. The first kappa shape index (κ1) is 17.7. The van der Waals surface area contributed by atoms with E-state index in [1.54, 1.807) is 0 Å². The van der Waals surface area contributed by atoms with Gasteiger partial charge >= 0.3 is 12.0 Å². The number of carbonyl (C=O) groups excluding carboxylic acids is 1. The number of likely N-dealkylation sites (N-methyl/N-ethyl adjacent to an activating group) is 1. The van der Waals surface area contributed by atoms with E-state index < -0.39 is 5.97 Å². The monoisotopic (exact) mass is 345 g/mol. The summed E-state index contributed by atoms with van der Waals surface area (Å²) < 4.78 is 0. The zero-order valence-electron chi connectivity index (χ0n) is 14.7. The Balaban J connectivity index is 1.41.